The van der Waals surface area contributed by atoms with E-state index in [-0.39, 0.29) is 30.4 Å². The van der Waals surface area contributed by atoms with E-state index in [1.165, 1.54) is 24.5 Å². The Labute approximate surface area is 135 Å². The Kier molecular flexibility index (Phi) is 5.55. The number of benzene rings is 1. The van der Waals surface area contributed by atoms with Gasteiger partial charge < -0.3 is 15.2 Å². The van der Waals surface area contributed by atoms with E-state index in [0.29, 0.717) is 0 Å². The van der Waals surface area contributed by atoms with E-state index in [1.807, 2.05) is 6.07 Å². The number of hydrogen-bond acceptors (Lipinski definition) is 6. The van der Waals surface area contributed by atoms with Crippen molar-refractivity contribution >= 4 is 5.82 Å². The van der Waals surface area contributed by atoms with Gasteiger partial charge in [-0.25, -0.2) is 9.97 Å². The molecule has 1 aromatic carbocycles. The highest BCUT2D eigenvalue weighted by molar-refractivity contribution is 5.46. The molecule has 1 atom stereocenters. The smallest absolute Gasteiger partial charge is 0.416 e. The van der Waals surface area contributed by atoms with Crippen molar-refractivity contribution in [1.29, 1.82) is 5.26 Å². The maximum atomic E-state index is 12.4. The van der Waals surface area contributed by atoms with E-state index >= 15 is 0 Å². The van der Waals surface area contributed by atoms with Crippen LogP contribution < -0.4 is 10.1 Å². The van der Waals surface area contributed by atoms with E-state index in [0.717, 1.165) is 12.1 Å². The van der Waals surface area contributed by atoms with Crippen LogP contribution in [0.3, 0.4) is 0 Å². The highest BCUT2D eigenvalue weighted by Gasteiger charge is 2.30. The molecule has 0 saturated carbocycles. The summed E-state index contributed by atoms with van der Waals surface area (Å²) in [5.74, 6) is 0.438. The second kappa shape index (κ2) is 7.61. The number of nitrogens with one attached hydrogen (secondary N) is 1. The number of aliphatic hydroxyl groups excluding tert-OH is 1. The first kappa shape index (κ1) is 17.5. The Hall–Kier alpha value is -2.86. The fraction of sp³-hybridized carbons (Fsp3) is 0.267. The van der Waals surface area contributed by atoms with E-state index in [1.54, 1.807) is 0 Å². The van der Waals surface area contributed by atoms with Gasteiger partial charge in [0.05, 0.1) is 5.56 Å². The zero-order valence-electron chi connectivity index (χ0n) is 12.3. The third-order valence-electron chi connectivity index (χ3n) is 2.93. The van der Waals surface area contributed by atoms with Crippen molar-refractivity contribution in [1.82, 2.24) is 9.97 Å². The minimum absolute atomic E-state index is 0.0357. The number of halogens is 3. The maximum Gasteiger partial charge on any atom is 0.416 e. The summed E-state index contributed by atoms with van der Waals surface area (Å²) in [4.78, 5) is 7.72. The predicted octanol–water partition coefficient (Wildman–Crippen LogP) is 2.22. The summed E-state index contributed by atoms with van der Waals surface area (Å²) < 4.78 is 42.5. The predicted molar refractivity (Wildman–Crippen MR) is 78.2 cm³/mol. The molecule has 6 nitrogen and oxygen atoms in total. The molecule has 2 rings (SSSR count). The van der Waals surface area contributed by atoms with Gasteiger partial charge in [0.15, 0.2) is 11.5 Å². The Morgan fingerprint density at radius 1 is 1.21 bits per heavy atom. The number of nitriles is 1. The summed E-state index contributed by atoms with van der Waals surface area (Å²) in [5.41, 5.74) is -0.683. The number of hydrogen-bond donors (Lipinski definition) is 2. The Morgan fingerprint density at radius 2 is 1.88 bits per heavy atom. The lowest BCUT2D eigenvalue weighted by atomic mass is 10.2. The summed E-state index contributed by atoms with van der Waals surface area (Å²) in [6.45, 7) is -0.103. The van der Waals surface area contributed by atoms with Gasteiger partial charge in [-0.1, -0.05) is 0 Å². The highest BCUT2D eigenvalue weighted by atomic mass is 19.4. The van der Waals surface area contributed by atoms with Gasteiger partial charge >= 0.3 is 6.18 Å². The molecule has 9 heteroatoms. The molecule has 0 radical (unpaired) electrons. The summed E-state index contributed by atoms with van der Waals surface area (Å²) in [5, 5.41) is 21.4. The number of anilines is 1. The number of rotatable bonds is 6. The standard InChI is InChI=1S/C15H13F3N4O2/c16-15(17,18)10-1-3-12(4-2-10)24-9-11(23)8-22-14-13(7-19)20-5-6-21-14/h1-6,11,23H,8-9H2,(H,21,22)/t11-/m1/s1. The van der Waals surface area contributed by atoms with E-state index in [9.17, 15) is 18.3 Å². The highest BCUT2D eigenvalue weighted by Crippen LogP contribution is 2.30. The first-order valence-electron chi connectivity index (χ1n) is 6.83. The third kappa shape index (κ3) is 4.82. The van der Waals surface area contributed by atoms with Gasteiger partial charge in [-0.2, -0.15) is 18.4 Å². The average molecular weight is 338 g/mol. The van der Waals surface area contributed by atoms with Crippen molar-refractivity contribution in [3.8, 4) is 11.8 Å². The van der Waals surface area contributed by atoms with E-state index in [4.69, 9.17) is 10.00 Å². The molecule has 1 heterocycles. The van der Waals surface area contributed by atoms with Crippen molar-refractivity contribution in [2.24, 2.45) is 0 Å². The van der Waals surface area contributed by atoms with Gasteiger partial charge in [0, 0.05) is 18.9 Å². The largest absolute Gasteiger partial charge is 0.491 e. The Bertz CT molecular complexity index is 714. The van der Waals surface area contributed by atoms with Gasteiger partial charge in [-0.3, -0.25) is 0 Å². The zero-order chi connectivity index (χ0) is 17.6. The molecule has 24 heavy (non-hydrogen) atoms. The van der Waals surface area contributed by atoms with Crippen LogP contribution in [0.15, 0.2) is 36.7 Å². The first-order chi connectivity index (χ1) is 11.4. The maximum absolute atomic E-state index is 12.4. The van der Waals surface area contributed by atoms with Crippen molar-refractivity contribution in [2.45, 2.75) is 12.3 Å². The van der Waals surface area contributed by atoms with Gasteiger partial charge in [0.1, 0.15) is 24.5 Å². The van der Waals surface area contributed by atoms with Gasteiger partial charge in [0.2, 0.25) is 0 Å². The molecule has 0 aliphatic rings. The molecule has 1 aromatic heterocycles. The summed E-state index contributed by atoms with van der Waals surface area (Å²) in [7, 11) is 0. The molecule has 0 amide bonds. The average Bonchev–Trinajstić information content (AvgIpc) is 2.58. The van der Waals surface area contributed by atoms with Crippen molar-refractivity contribution in [3.05, 3.63) is 47.9 Å². The molecular weight excluding hydrogens is 325 g/mol. The normalized spacial score (nSPS) is 12.3. The minimum Gasteiger partial charge on any atom is -0.491 e. The van der Waals surface area contributed by atoms with Crippen molar-refractivity contribution in [3.63, 3.8) is 0 Å². The van der Waals surface area contributed by atoms with Crippen LogP contribution in [0, 0.1) is 11.3 Å². The van der Waals surface area contributed by atoms with Gasteiger partial charge in [-0.15, -0.1) is 0 Å². The van der Waals surface area contributed by atoms with Crippen LogP contribution >= 0.6 is 0 Å². The number of nitrogens with zero attached hydrogens (tertiary/aromatic N) is 3. The molecule has 0 aliphatic heterocycles. The summed E-state index contributed by atoms with van der Waals surface area (Å²) in [6.07, 6.45) is -2.60. The molecule has 0 bridgehead atoms. The van der Waals surface area contributed by atoms with Crippen LogP contribution in [0.4, 0.5) is 19.0 Å². The fourth-order valence-corrected chi connectivity index (χ4v) is 1.76. The van der Waals surface area contributed by atoms with Gasteiger partial charge in [-0.05, 0) is 24.3 Å². The SMILES string of the molecule is N#Cc1nccnc1NC[C@@H](O)COc1ccc(C(F)(F)F)cc1. The lowest BCUT2D eigenvalue weighted by Crippen LogP contribution is -2.27. The minimum atomic E-state index is -4.41. The molecule has 126 valence electrons. The Balaban J connectivity index is 1.83. The monoisotopic (exact) mass is 338 g/mol. The van der Waals surface area contributed by atoms with Crippen LogP contribution in [-0.4, -0.2) is 34.3 Å². The second-order valence-electron chi connectivity index (χ2n) is 4.73. The number of ether oxygens (including phenoxy) is 1. The topological polar surface area (TPSA) is 91.1 Å². The molecule has 0 aliphatic carbocycles. The van der Waals surface area contributed by atoms with Crippen molar-refractivity contribution < 1.29 is 23.0 Å². The lowest BCUT2D eigenvalue weighted by molar-refractivity contribution is -0.137. The molecule has 2 N–H and O–H groups in total. The second-order valence-corrected chi connectivity index (χ2v) is 4.73. The molecule has 2 aromatic rings. The zero-order valence-corrected chi connectivity index (χ0v) is 12.3. The molecule has 0 saturated heterocycles. The summed E-state index contributed by atoms with van der Waals surface area (Å²) in [6, 6.07) is 6.02. The third-order valence-corrected chi connectivity index (χ3v) is 2.93. The van der Waals surface area contributed by atoms with Crippen LogP contribution in [0.25, 0.3) is 0 Å². The number of aromatic nitrogens is 2. The fourth-order valence-electron chi connectivity index (χ4n) is 1.76. The number of aliphatic hydroxyl groups is 1. The van der Waals surface area contributed by atoms with E-state index < -0.39 is 17.8 Å². The van der Waals surface area contributed by atoms with Crippen LogP contribution in [0.1, 0.15) is 11.3 Å². The van der Waals surface area contributed by atoms with Gasteiger partial charge in [0.25, 0.3) is 0 Å². The molecule has 0 unspecified atom stereocenters. The summed E-state index contributed by atoms with van der Waals surface area (Å²) >= 11 is 0. The van der Waals surface area contributed by atoms with Crippen LogP contribution in [0.5, 0.6) is 5.75 Å². The number of alkyl halides is 3. The van der Waals surface area contributed by atoms with Crippen LogP contribution in [0.2, 0.25) is 0 Å². The molecule has 0 spiro atoms. The van der Waals surface area contributed by atoms with E-state index in [2.05, 4.69) is 15.3 Å². The quantitative estimate of drug-likeness (QED) is 0.839. The van der Waals surface area contributed by atoms with Crippen molar-refractivity contribution in [2.75, 3.05) is 18.5 Å². The molecule has 0 fully saturated rings. The lowest BCUT2D eigenvalue weighted by Gasteiger charge is -2.14. The first-order valence-corrected chi connectivity index (χ1v) is 6.83. The Morgan fingerprint density at radius 3 is 2.50 bits per heavy atom. The van der Waals surface area contributed by atoms with Crippen LogP contribution in [-0.2, 0) is 6.18 Å². The molecular formula is C15H13F3N4O2.